The van der Waals surface area contributed by atoms with Crippen LogP contribution in [0.25, 0.3) is 0 Å². The number of piperidine rings is 1. The van der Waals surface area contributed by atoms with Crippen LogP contribution in [0.1, 0.15) is 24.3 Å². The molecule has 0 unspecified atom stereocenters. The van der Waals surface area contributed by atoms with Gasteiger partial charge >= 0.3 is 6.09 Å². The van der Waals surface area contributed by atoms with E-state index in [9.17, 15) is 9.59 Å². The largest absolute Gasteiger partial charge is 0.439 e. The molecule has 114 valence electrons. The van der Waals surface area contributed by atoms with Gasteiger partial charge in [-0.15, -0.1) is 0 Å². The molecule has 0 aromatic carbocycles. The highest BCUT2D eigenvalue weighted by atomic mass is 16.6. The molecule has 21 heavy (non-hydrogen) atoms. The Balaban J connectivity index is 1.66. The number of aromatic nitrogens is 1. The number of carbonyl (C=O) groups is 2. The summed E-state index contributed by atoms with van der Waals surface area (Å²) in [5.74, 6) is 0.550. The molecule has 2 saturated heterocycles. The molecule has 3 rings (SSSR count). The number of hydrogen-bond acceptors (Lipinski definition) is 5. The lowest BCUT2D eigenvalue weighted by atomic mass is 9.92. The smallest absolute Gasteiger partial charge is 0.410 e. The summed E-state index contributed by atoms with van der Waals surface area (Å²) in [5.41, 5.74) is 0.219. The minimum Gasteiger partial charge on any atom is -0.439 e. The lowest BCUT2D eigenvalue weighted by molar-refractivity contribution is -0.136. The molecule has 0 radical (unpaired) electrons. The van der Waals surface area contributed by atoms with Gasteiger partial charge in [0.05, 0.1) is 25.2 Å². The van der Waals surface area contributed by atoms with E-state index < -0.39 is 5.60 Å². The molecule has 7 heteroatoms. The number of rotatable bonds is 2. The van der Waals surface area contributed by atoms with Crippen molar-refractivity contribution < 1.29 is 18.8 Å². The first-order valence-corrected chi connectivity index (χ1v) is 7.12. The van der Waals surface area contributed by atoms with Crippen LogP contribution in [-0.4, -0.2) is 59.2 Å². The van der Waals surface area contributed by atoms with Crippen molar-refractivity contribution >= 4 is 12.0 Å². The molecule has 2 aliphatic rings. The lowest BCUT2D eigenvalue weighted by Gasteiger charge is -2.38. The van der Waals surface area contributed by atoms with Gasteiger partial charge in [-0.05, 0) is 19.8 Å². The van der Waals surface area contributed by atoms with Gasteiger partial charge in [0.1, 0.15) is 11.4 Å². The summed E-state index contributed by atoms with van der Waals surface area (Å²) in [7, 11) is 1.72. The Kier molecular flexibility index (Phi) is 3.35. The highest BCUT2D eigenvalue weighted by Gasteiger charge is 2.47. The molecule has 0 bridgehead atoms. The number of likely N-dealkylation sites (N-methyl/N-ethyl adjacent to an activating group) is 1. The summed E-state index contributed by atoms with van der Waals surface area (Å²) in [6.07, 6.45) is 1.52. The van der Waals surface area contributed by atoms with E-state index in [0.717, 1.165) is 18.5 Å². The van der Waals surface area contributed by atoms with Crippen LogP contribution in [0.15, 0.2) is 10.6 Å². The quantitative estimate of drug-likeness (QED) is 0.812. The van der Waals surface area contributed by atoms with Crippen molar-refractivity contribution in [3.05, 3.63) is 17.5 Å². The normalized spacial score (nSPS) is 25.5. The van der Waals surface area contributed by atoms with E-state index in [1.165, 1.54) is 0 Å². The van der Waals surface area contributed by atoms with Gasteiger partial charge in [0.2, 0.25) is 5.91 Å². The maximum Gasteiger partial charge on any atom is 0.410 e. The van der Waals surface area contributed by atoms with Crippen molar-refractivity contribution in [3.63, 3.8) is 0 Å². The molecule has 0 aliphatic carbocycles. The first-order chi connectivity index (χ1) is 9.97. The van der Waals surface area contributed by atoms with E-state index in [0.29, 0.717) is 25.4 Å². The standard InChI is InChI=1S/C14H19N3O4/c1-10-6-11(21-15-10)7-12(18)17-5-3-4-14(9-17)8-16(2)13(19)20-14/h6H,3-5,7-9H2,1-2H3/t14-/m0/s1. The first kappa shape index (κ1) is 13.9. The fourth-order valence-corrected chi connectivity index (χ4v) is 3.08. The van der Waals surface area contributed by atoms with Crippen LogP contribution < -0.4 is 0 Å². The van der Waals surface area contributed by atoms with Crippen LogP contribution in [0.3, 0.4) is 0 Å². The molecule has 2 aliphatic heterocycles. The SMILES string of the molecule is Cc1cc(CC(=O)N2CCC[C@]3(CN(C)C(=O)O3)C2)on1. The Hall–Kier alpha value is -2.05. The maximum atomic E-state index is 12.4. The van der Waals surface area contributed by atoms with E-state index in [-0.39, 0.29) is 18.4 Å². The summed E-state index contributed by atoms with van der Waals surface area (Å²) in [5, 5.41) is 3.78. The zero-order chi connectivity index (χ0) is 15.0. The molecule has 1 atom stereocenters. The molecular weight excluding hydrogens is 274 g/mol. The summed E-state index contributed by atoms with van der Waals surface area (Å²) in [6, 6.07) is 1.76. The number of ether oxygens (including phenoxy) is 1. The van der Waals surface area contributed by atoms with Crippen LogP contribution in [0.5, 0.6) is 0 Å². The highest BCUT2D eigenvalue weighted by molar-refractivity contribution is 5.78. The van der Waals surface area contributed by atoms with E-state index in [2.05, 4.69) is 5.16 Å². The van der Waals surface area contributed by atoms with Crippen molar-refractivity contribution in [2.24, 2.45) is 0 Å². The molecular formula is C14H19N3O4. The molecule has 1 aromatic heterocycles. The minimum absolute atomic E-state index is 0.0178. The molecule has 1 aromatic rings. The monoisotopic (exact) mass is 293 g/mol. The first-order valence-electron chi connectivity index (χ1n) is 7.12. The van der Waals surface area contributed by atoms with Crippen molar-refractivity contribution in [3.8, 4) is 0 Å². The Morgan fingerprint density at radius 2 is 2.29 bits per heavy atom. The van der Waals surface area contributed by atoms with Crippen LogP contribution in [0, 0.1) is 6.92 Å². The zero-order valence-corrected chi connectivity index (χ0v) is 12.3. The van der Waals surface area contributed by atoms with Crippen LogP contribution in [0.4, 0.5) is 4.79 Å². The van der Waals surface area contributed by atoms with Crippen LogP contribution in [-0.2, 0) is 16.0 Å². The average molecular weight is 293 g/mol. The molecule has 2 fully saturated rings. The third-order valence-corrected chi connectivity index (χ3v) is 4.04. The summed E-state index contributed by atoms with van der Waals surface area (Å²) < 4.78 is 10.6. The van der Waals surface area contributed by atoms with Crippen molar-refractivity contribution in [2.75, 3.05) is 26.7 Å². The topological polar surface area (TPSA) is 75.9 Å². The van der Waals surface area contributed by atoms with E-state index in [1.54, 1.807) is 22.9 Å². The molecule has 3 heterocycles. The highest BCUT2D eigenvalue weighted by Crippen LogP contribution is 2.31. The number of amides is 2. The van der Waals surface area contributed by atoms with Gasteiger partial charge in [-0.2, -0.15) is 0 Å². The second kappa shape index (κ2) is 5.05. The third-order valence-electron chi connectivity index (χ3n) is 4.04. The lowest BCUT2D eigenvalue weighted by Crippen LogP contribution is -2.52. The summed E-state index contributed by atoms with van der Waals surface area (Å²) in [6.45, 7) is 3.50. The Morgan fingerprint density at radius 1 is 1.48 bits per heavy atom. The third kappa shape index (κ3) is 2.72. The second-order valence-electron chi connectivity index (χ2n) is 5.94. The molecule has 1 spiro atoms. The van der Waals surface area contributed by atoms with E-state index in [4.69, 9.17) is 9.26 Å². The zero-order valence-electron chi connectivity index (χ0n) is 12.3. The number of likely N-dealkylation sites (tertiary alicyclic amines) is 1. The van der Waals surface area contributed by atoms with Gasteiger partial charge in [0.15, 0.2) is 0 Å². The van der Waals surface area contributed by atoms with Crippen molar-refractivity contribution in [2.45, 2.75) is 31.8 Å². The van der Waals surface area contributed by atoms with Gasteiger partial charge < -0.3 is 19.1 Å². The average Bonchev–Trinajstić information content (AvgIpc) is 2.94. The fraction of sp³-hybridized carbons (Fsp3) is 0.643. The molecule has 7 nitrogen and oxygen atoms in total. The molecule has 0 N–H and O–H groups in total. The van der Waals surface area contributed by atoms with Crippen molar-refractivity contribution in [1.82, 2.24) is 15.0 Å². The van der Waals surface area contributed by atoms with E-state index >= 15 is 0 Å². The predicted molar refractivity (Wildman–Crippen MR) is 72.6 cm³/mol. The Bertz CT molecular complexity index is 570. The second-order valence-corrected chi connectivity index (χ2v) is 5.94. The van der Waals surface area contributed by atoms with Gasteiger partial charge in [0, 0.05) is 19.7 Å². The maximum absolute atomic E-state index is 12.4. The Morgan fingerprint density at radius 3 is 2.90 bits per heavy atom. The van der Waals surface area contributed by atoms with Gasteiger partial charge in [0.25, 0.3) is 0 Å². The number of nitrogens with zero attached hydrogens (tertiary/aromatic N) is 3. The van der Waals surface area contributed by atoms with Gasteiger partial charge in [-0.1, -0.05) is 5.16 Å². The van der Waals surface area contributed by atoms with Gasteiger partial charge in [-0.3, -0.25) is 4.79 Å². The minimum atomic E-state index is -0.545. The fourth-order valence-electron chi connectivity index (χ4n) is 3.08. The predicted octanol–water partition coefficient (Wildman–Crippen LogP) is 0.969. The van der Waals surface area contributed by atoms with E-state index in [1.807, 2.05) is 6.92 Å². The summed E-state index contributed by atoms with van der Waals surface area (Å²) in [4.78, 5) is 27.3. The number of aryl methyl sites for hydroxylation is 1. The molecule has 0 saturated carbocycles. The number of hydrogen-bond donors (Lipinski definition) is 0. The van der Waals surface area contributed by atoms with Gasteiger partial charge in [-0.25, -0.2) is 4.79 Å². The van der Waals surface area contributed by atoms with Crippen LogP contribution >= 0.6 is 0 Å². The Labute approximate surface area is 122 Å². The van der Waals surface area contributed by atoms with Crippen molar-refractivity contribution in [1.29, 1.82) is 0 Å². The summed E-state index contributed by atoms with van der Waals surface area (Å²) >= 11 is 0. The number of carbonyl (C=O) groups excluding carboxylic acids is 2. The molecule has 2 amide bonds. The van der Waals surface area contributed by atoms with Crippen LogP contribution in [0.2, 0.25) is 0 Å².